The average molecular weight is 289 g/mol. The largest absolute Gasteiger partial charge is 0.338 e. The molecule has 2 aromatic rings. The fraction of sp³-hybridized carbons (Fsp3) is 0.333. The van der Waals surface area contributed by atoms with Gasteiger partial charge in [-0.2, -0.15) is 0 Å². The Bertz CT molecular complexity index is 580. The summed E-state index contributed by atoms with van der Waals surface area (Å²) in [5.74, 6) is 0.726. The lowest BCUT2D eigenvalue weighted by Crippen LogP contribution is -2.45. The molecular weight excluding hydrogens is 272 g/mol. The number of rotatable bonds is 2. The van der Waals surface area contributed by atoms with Gasteiger partial charge in [0.2, 0.25) is 5.95 Å². The van der Waals surface area contributed by atoms with E-state index in [9.17, 15) is 0 Å². The van der Waals surface area contributed by atoms with Crippen molar-refractivity contribution in [3.63, 3.8) is 0 Å². The molecule has 0 bridgehead atoms. The Labute approximate surface area is 124 Å². The number of hydrogen-bond acceptors (Lipinski definition) is 4. The molecule has 0 unspecified atom stereocenters. The van der Waals surface area contributed by atoms with Crippen LogP contribution in [-0.4, -0.2) is 48.1 Å². The van der Waals surface area contributed by atoms with Crippen molar-refractivity contribution in [3.8, 4) is 11.3 Å². The second-order valence-electron chi connectivity index (χ2n) is 5.03. The molecule has 3 rings (SSSR count). The van der Waals surface area contributed by atoms with E-state index >= 15 is 0 Å². The van der Waals surface area contributed by atoms with Gasteiger partial charge in [-0.1, -0.05) is 41.9 Å². The average Bonchev–Trinajstić information content (AvgIpc) is 2.48. The van der Waals surface area contributed by atoms with Crippen LogP contribution in [0.1, 0.15) is 0 Å². The molecule has 0 amide bonds. The summed E-state index contributed by atoms with van der Waals surface area (Å²) in [5.41, 5.74) is 1.94. The summed E-state index contributed by atoms with van der Waals surface area (Å²) >= 11 is 6.16. The van der Waals surface area contributed by atoms with Gasteiger partial charge in [0, 0.05) is 37.8 Å². The first kappa shape index (κ1) is 13.3. The monoisotopic (exact) mass is 288 g/mol. The molecule has 0 N–H and O–H groups in total. The van der Waals surface area contributed by atoms with Crippen LogP contribution in [-0.2, 0) is 0 Å². The molecule has 0 radical (unpaired) electrons. The van der Waals surface area contributed by atoms with Gasteiger partial charge in [-0.05, 0) is 7.05 Å². The molecule has 1 aliphatic heterocycles. The van der Waals surface area contributed by atoms with Gasteiger partial charge in [0.05, 0.1) is 5.69 Å². The van der Waals surface area contributed by atoms with Crippen molar-refractivity contribution in [1.29, 1.82) is 0 Å². The van der Waals surface area contributed by atoms with Crippen LogP contribution >= 0.6 is 11.6 Å². The van der Waals surface area contributed by atoms with Gasteiger partial charge in [0.25, 0.3) is 0 Å². The highest BCUT2D eigenvalue weighted by molar-refractivity contribution is 6.29. The highest BCUT2D eigenvalue weighted by atomic mass is 35.5. The number of hydrogen-bond donors (Lipinski definition) is 0. The van der Waals surface area contributed by atoms with E-state index in [0.29, 0.717) is 5.15 Å². The van der Waals surface area contributed by atoms with Crippen LogP contribution in [0, 0.1) is 0 Å². The van der Waals surface area contributed by atoms with Crippen LogP contribution in [0.2, 0.25) is 5.15 Å². The van der Waals surface area contributed by atoms with Crippen molar-refractivity contribution >= 4 is 17.5 Å². The predicted octanol–water partition coefficient (Wildman–Crippen LogP) is 2.55. The minimum atomic E-state index is 0.493. The van der Waals surface area contributed by atoms with Crippen LogP contribution in [0.3, 0.4) is 0 Å². The van der Waals surface area contributed by atoms with Crippen molar-refractivity contribution < 1.29 is 0 Å². The maximum Gasteiger partial charge on any atom is 0.227 e. The lowest BCUT2D eigenvalue weighted by molar-refractivity contribution is 0.311. The molecule has 1 fully saturated rings. The van der Waals surface area contributed by atoms with Gasteiger partial charge >= 0.3 is 0 Å². The number of anilines is 1. The molecule has 4 nitrogen and oxygen atoms in total. The summed E-state index contributed by atoms with van der Waals surface area (Å²) in [6.07, 6.45) is 0. The second kappa shape index (κ2) is 5.77. The van der Waals surface area contributed by atoms with Crippen molar-refractivity contribution in [1.82, 2.24) is 14.9 Å². The van der Waals surface area contributed by atoms with E-state index in [1.807, 2.05) is 36.4 Å². The molecule has 0 aliphatic carbocycles. The van der Waals surface area contributed by atoms with E-state index < -0.39 is 0 Å². The Hall–Kier alpha value is -1.65. The number of halogens is 1. The Balaban J connectivity index is 1.91. The molecular formula is C15H17ClN4. The minimum absolute atomic E-state index is 0.493. The first-order valence-corrected chi connectivity index (χ1v) is 7.14. The van der Waals surface area contributed by atoms with Gasteiger partial charge in [-0.25, -0.2) is 9.97 Å². The third-order valence-electron chi connectivity index (χ3n) is 3.54. The summed E-state index contributed by atoms with van der Waals surface area (Å²) < 4.78 is 0. The third kappa shape index (κ3) is 2.92. The fourth-order valence-corrected chi connectivity index (χ4v) is 2.49. The Morgan fingerprint density at radius 3 is 2.40 bits per heavy atom. The maximum absolute atomic E-state index is 6.16. The number of nitrogens with zero attached hydrogens (tertiary/aromatic N) is 4. The van der Waals surface area contributed by atoms with Crippen LogP contribution in [0.15, 0.2) is 36.4 Å². The molecule has 0 atom stereocenters. The molecule has 20 heavy (non-hydrogen) atoms. The highest BCUT2D eigenvalue weighted by Gasteiger charge is 2.17. The zero-order valence-corrected chi connectivity index (χ0v) is 12.2. The van der Waals surface area contributed by atoms with Gasteiger partial charge < -0.3 is 9.80 Å². The smallest absolute Gasteiger partial charge is 0.227 e. The van der Waals surface area contributed by atoms with Crippen LogP contribution in [0.25, 0.3) is 11.3 Å². The van der Waals surface area contributed by atoms with E-state index in [1.165, 1.54) is 0 Å². The van der Waals surface area contributed by atoms with E-state index in [2.05, 4.69) is 26.8 Å². The summed E-state index contributed by atoms with van der Waals surface area (Å²) in [4.78, 5) is 13.5. The van der Waals surface area contributed by atoms with E-state index in [4.69, 9.17) is 11.6 Å². The normalized spacial score (nSPS) is 16.4. The molecule has 2 heterocycles. The summed E-state index contributed by atoms with van der Waals surface area (Å²) in [5, 5.41) is 0.493. The maximum atomic E-state index is 6.16. The predicted molar refractivity (Wildman–Crippen MR) is 82.2 cm³/mol. The second-order valence-corrected chi connectivity index (χ2v) is 5.42. The van der Waals surface area contributed by atoms with E-state index in [1.54, 1.807) is 0 Å². The van der Waals surface area contributed by atoms with E-state index in [0.717, 1.165) is 43.4 Å². The molecule has 1 aliphatic rings. The minimum Gasteiger partial charge on any atom is -0.338 e. The van der Waals surface area contributed by atoms with Gasteiger partial charge in [-0.3, -0.25) is 0 Å². The lowest BCUT2D eigenvalue weighted by Gasteiger charge is -2.32. The Morgan fingerprint density at radius 1 is 1.00 bits per heavy atom. The summed E-state index contributed by atoms with van der Waals surface area (Å²) in [6.45, 7) is 3.92. The molecule has 0 spiro atoms. The molecule has 104 valence electrons. The quantitative estimate of drug-likeness (QED) is 0.795. The lowest BCUT2D eigenvalue weighted by atomic mass is 10.1. The summed E-state index contributed by atoms with van der Waals surface area (Å²) in [7, 11) is 2.13. The zero-order valence-electron chi connectivity index (χ0n) is 11.5. The Morgan fingerprint density at radius 2 is 1.70 bits per heavy atom. The first-order valence-electron chi connectivity index (χ1n) is 6.76. The number of piperazine rings is 1. The Kier molecular flexibility index (Phi) is 3.85. The van der Waals surface area contributed by atoms with Crippen molar-refractivity contribution in [3.05, 3.63) is 41.6 Å². The van der Waals surface area contributed by atoms with Crippen LogP contribution < -0.4 is 4.90 Å². The molecule has 5 heteroatoms. The first-order chi connectivity index (χ1) is 9.72. The van der Waals surface area contributed by atoms with Gasteiger partial charge in [-0.15, -0.1) is 0 Å². The fourth-order valence-electron chi connectivity index (χ4n) is 2.31. The van der Waals surface area contributed by atoms with E-state index in [-0.39, 0.29) is 0 Å². The highest BCUT2D eigenvalue weighted by Crippen LogP contribution is 2.23. The molecule has 0 saturated carbocycles. The summed E-state index contributed by atoms with van der Waals surface area (Å²) in [6, 6.07) is 11.9. The molecule has 1 aromatic heterocycles. The van der Waals surface area contributed by atoms with Crippen molar-refractivity contribution in [2.24, 2.45) is 0 Å². The SMILES string of the molecule is CN1CCN(c2nc(Cl)cc(-c3ccccc3)n2)CC1. The zero-order chi connectivity index (χ0) is 13.9. The number of aromatic nitrogens is 2. The van der Waals surface area contributed by atoms with Crippen molar-refractivity contribution in [2.45, 2.75) is 0 Å². The third-order valence-corrected chi connectivity index (χ3v) is 3.73. The number of benzene rings is 1. The number of likely N-dealkylation sites (N-methyl/N-ethyl adjacent to an activating group) is 1. The molecule has 1 saturated heterocycles. The van der Waals surface area contributed by atoms with Crippen LogP contribution in [0.5, 0.6) is 0 Å². The van der Waals surface area contributed by atoms with Crippen molar-refractivity contribution in [2.75, 3.05) is 38.1 Å². The van der Waals surface area contributed by atoms with Gasteiger partial charge in [0.15, 0.2) is 0 Å². The van der Waals surface area contributed by atoms with Gasteiger partial charge in [0.1, 0.15) is 5.15 Å². The standard InChI is InChI=1S/C15H17ClN4/c1-19-7-9-20(10-8-19)15-17-13(11-14(16)18-15)12-5-3-2-4-6-12/h2-6,11H,7-10H2,1H3. The topological polar surface area (TPSA) is 32.3 Å². The van der Waals surface area contributed by atoms with Crippen LogP contribution in [0.4, 0.5) is 5.95 Å². The molecule has 1 aromatic carbocycles.